The highest BCUT2D eigenvalue weighted by molar-refractivity contribution is 5.94. The molecule has 1 saturated heterocycles. The van der Waals surface area contributed by atoms with E-state index in [2.05, 4.69) is 25.3 Å². The normalized spacial score (nSPS) is 16.0. The van der Waals surface area contributed by atoms with Crippen molar-refractivity contribution in [2.24, 2.45) is 5.73 Å². The summed E-state index contributed by atoms with van der Waals surface area (Å²) in [4.78, 5) is 20.9. The maximum Gasteiger partial charge on any atom is 0.241 e. The first kappa shape index (κ1) is 24.3. The van der Waals surface area contributed by atoms with Crippen molar-refractivity contribution in [3.05, 3.63) is 41.8 Å². The van der Waals surface area contributed by atoms with Crippen LogP contribution in [-0.2, 0) is 17.9 Å². The van der Waals surface area contributed by atoms with Crippen molar-refractivity contribution in [1.29, 1.82) is 0 Å². The molecule has 0 radical (unpaired) electrons. The second kappa shape index (κ2) is 11.3. The average Bonchev–Trinajstić information content (AvgIpc) is 3.09. The molecule has 8 nitrogen and oxygen atoms in total. The molecule has 0 bridgehead atoms. The Kier molecular flexibility index (Phi) is 9.77. The Morgan fingerprint density at radius 2 is 2.04 bits per heavy atom. The first-order chi connectivity index (χ1) is 12.5. The minimum Gasteiger partial charge on any atom is -0.338 e. The molecule has 0 aliphatic carbocycles. The molecule has 2 aromatic rings. The van der Waals surface area contributed by atoms with Crippen LogP contribution in [0.25, 0.3) is 0 Å². The highest BCUT2D eigenvalue weighted by atomic mass is 35.5. The lowest BCUT2D eigenvalue weighted by Crippen LogP contribution is -2.52. The van der Waals surface area contributed by atoms with Crippen molar-refractivity contribution in [3.63, 3.8) is 0 Å². The van der Waals surface area contributed by atoms with E-state index in [0.29, 0.717) is 23.9 Å². The molecule has 28 heavy (non-hydrogen) atoms. The molecule has 156 valence electrons. The van der Waals surface area contributed by atoms with Crippen molar-refractivity contribution >= 4 is 36.4 Å². The van der Waals surface area contributed by atoms with Crippen LogP contribution in [0.3, 0.4) is 0 Å². The smallest absolute Gasteiger partial charge is 0.241 e. The van der Waals surface area contributed by atoms with Crippen LogP contribution in [0.15, 0.2) is 28.8 Å². The zero-order valence-corrected chi connectivity index (χ0v) is 17.1. The van der Waals surface area contributed by atoms with Crippen LogP contribution in [-0.4, -0.2) is 58.1 Å². The zero-order chi connectivity index (χ0) is 18.5. The van der Waals surface area contributed by atoms with Gasteiger partial charge in [0.15, 0.2) is 5.82 Å². The van der Waals surface area contributed by atoms with Gasteiger partial charge in [0.05, 0.1) is 19.1 Å². The van der Waals surface area contributed by atoms with Gasteiger partial charge in [-0.15, -0.1) is 24.8 Å². The summed E-state index contributed by atoms with van der Waals surface area (Å²) >= 11 is 0. The lowest BCUT2D eigenvalue weighted by molar-refractivity contribution is -0.121. The first-order valence-electron chi connectivity index (χ1n) is 8.59. The second-order valence-corrected chi connectivity index (χ2v) is 6.30. The van der Waals surface area contributed by atoms with Crippen LogP contribution in [0, 0.1) is 5.82 Å². The van der Waals surface area contributed by atoms with Crippen LogP contribution in [0.4, 0.5) is 10.1 Å². The van der Waals surface area contributed by atoms with Crippen molar-refractivity contribution in [3.8, 4) is 0 Å². The van der Waals surface area contributed by atoms with E-state index in [4.69, 9.17) is 10.3 Å². The number of anilines is 1. The molecule has 2 heterocycles. The number of hydrogen-bond acceptors (Lipinski definition) is 7. The van der Waals surface area contributed by atoms with Crippen LogP contribution in [0.1, 0.15) is 18.6 Å². The maximum atomic E-state index is 13.2. The number of rotatable bonds is 6. The summed E-state index contributed by atoms with van der Waals surface area (Å²) in [5.41, 5.74) is 5.93. The fourth-order valence-corrected chi connectivity index (χ4v) is 2.92. The van der Waals surface area contributed by atoms with E-state index >= 15 is 0 Å². The molecule has 1 aromatic heterocycles. The second-order valence-electron chi connectivity index (χ2n) is 6.30. The molecule has 1 amide bonds. The number of halogens is 3. The Hall–Kier alpha value is -1.78. The van der Waals surface area contributed by atoms with E-state index in [1.165, 1.54) is 12.1 Å². The molecule has 1 aliphatic heterocycles. The van der Waals surface area contributed by atoms with Gasteiger partial charge in [0.2, 0.25) is 11.8 Å². The molecule has 1 aliphatic rings. The minimum absolute atomic E-state index is 0. The monoisotopic (exact) mass is 434 g/mol. The minimum atomic E-state index is -0.372. The molecule has 3 rings (SSSR count). The van der Waals surface area contributed by atoms with E-state index in [1.54, 1.807) is 12.1 Å². The molecule has 1 atom stereocenters. The van der Waals surface area contributed by atoms with Crippen molar-refractivity contribution in [1.82, 2.24) is 19.9 Å². The summed E-state index contributed by atoms with van der Waals surface area (Å²) < 4.78 is 18.2. The Morgan fingerprint density at radius 1 is 1.32 bits per heavy atom. The number of nitrogens with zero attached hydrogens (tertiary/aromatic N) is 4. The molecular weight excluding hydrogens is 410 g/mol. The summed E-state index contributed by atoms with van der Waals surface area (Å²) in [5.74, 6) is 0.537. The third-order valence-corrected chi connectivity index (χ3v) is 4.48. The Labute approximate surface area is 175 Å². The summed E-state index contributed by atoms with van der Waals surface area (Å²) in [7, 11) is 0. The van der Waals surface area contributed by atoms with Gasteiger partial charge in [0.1, 0.15) is 5.82 Å². The van der Waals surface area contributed by atoms with E-state index in [9.17, 15) is 9.18 Å². The molecule has 1 unspecified atom stereocenters. The van der Waals surface area contributed by atoms with Crippen molar-refractivity contribution in [2.45, 2.75) is 26.1 Å². The molecule has 3 N–H and O–H groups in total. The van der Waals surface area contributed by atoms with Gasteiger partial charge in [0, 0.05) is 31.9 Å². The van der Waals surface area contributed by atoms with Gasteiger partial charge in [-0.25, -0.2) is 4.39 Å². The highest BCUT2D eigenvalue weighted by Gasteiger charge is 2.26. The molecule has 0 saturated carbocycles. The van der Waals surface area contributed by atoms with E-state index in [1.807, 2.05) is 6.92 Å². The summed E-state index contributed by atoms with van der Waals surface area (Å²) in [6.45, 7) is 5.78. The number of carbonyl (C=O) groups is 1. The van der Waals surface area contributed by atoms with Gasteiger partial charge in [-0.05, 0) is 25.1 Å². The highest BCUT2D eigenvalue weighted by Crippen LogP contribution is 2.13. The number of nitrogens with one attached hydrogen (secondary N) is 1. The quantitative estimate of drug-likeness (QED) is 0.712. The first-order valence-corrected chi connectivity index (χ1v) is 8.59. The lowest BCUT2D eigenvalue weighted by atomic mass is 10.2. The van der Waals surface area contributed by atoms with Crippen LogP contribution < -0.4 is 11.1 Å². The largest absolute Gasteiger partial charge is 0.338 e. The molecule has 0 spiro atoms. The third-order valence-electron chi connectivity index (χ3n) is 4.48. The Morgan fingerprint density at radius 3 is 2.64 bits per heavy atom. The summed E-state index contributed by atoms with van der Waals surface area (Å²) in [6.07, 6.45) is 0. The van der Waals surface area contributed by atoms with Crippen molar-refractivity contribution in [2.75, 3.05) is 31.5 Å². The van der Waals surface area contributed by atoms with Gasteiger partial charge < -0.3 is 15.6 Å². The number of amides is 1. The average molecular weight is 435 g/mol. The molecule has 1 fully saturated rings. The lowest BCUT2D eigenvalue weighted by Gasteiger charge is -2.36. The van der Waals surface area contributed by atoms with Crippen molar-refractivity contribution < 1.29 is 13.7 Å². The predicted molar refractivity (Wildman–Crippen MR) is 108 cm³/mol. The van der Waals surface area contributed by atoms with E-state index in [-0.39, 0.29) is 49.1 Å². The Balaban J connectivity index is 0.00000196. The SMILES string of the molecule is CC(C(=O)Nc1cccc(F)c1)N1CCN(Cc2noc(CN)n2)CC1.Cl.Cl. The molecule has 11 heteroatoms. The maximum absolute atomic E-state index is 13.2. The fraction of sp³-hybridized carbons (Fsp3) is 0.471. The van der Waals surface area contributed by atoms with Gasteiger partial charge in [-0.2, -0.15) is 4.98 Å². The standard InChI is InChI=1S/C17H23FN6O2.2ClH/c1-12(17(25)20-14-4-2-3-13(18)9-14)24-7-5-23(6-8-24)11-15-21-16(10-19)26-22-15;;/h2-4,9,12H,5-8,10-11,19H2,1H3,(H,20,25);2*1H. The number of piperazine rings is 1. The predicted octanol–water partition coefficient (Wildman–Crippen LogP) is 1.66. The number of nitrogens with two attached hydrogens (primary N) is 1. The molecule has 1 aromatic carbocycles. The van der Waals surface area contributed by atoms with Gasteiger partial charge in [-0.3, -0.25) is 14.6 Å². The number of aromatic nitrogens is 2. The number of hydrogen-bond donors (Lipinski definition) is 2. The van der Waals surface area contributed by atoms with E-state index < -0.39 is 0 Å². The summed E-state index contributed by atoms with van der Waals surface area (Å²) in [6, 6.07) is 5.60. The topological polar surface area (TPSA) is 101 Å². The van der Waals surface area contributed by atoms with Gasteiger partial charge in [0.25, 0.3) is 0 Å². The summed E-state index contributed by atoms with van der Waals surface area (Å²) in [5, 5.41) is 6.66. The molecular formula is C17H25Cl2FN6O2. The van der Waals surface area contributed by atoms with Gasteiger partial charge in [-0.1, -0.05) is 11.2 Å². The van der Waals surface area contributed by atoms with E-state index in [0.717, 1.165) is 26.2 Å². The number of benzene rings is 1. The van der Waals surface area contributed by atoms with Gasteiger partial charge >= 0.3 is 0 Å². The fourth-order valence-electron chi connectivity index (χ4n) is 2.92. The number of carbonyl (C=O) groups excluding carboxylic acids is 1. The third kappa shape index (κ3) is 6.39. The van der Waals surface area contributed by atoms with Crippen LogP contribution in [0.5, 0.6) is 0 Å². The van der Waals surface area contributed by atoms with Crippen LogP contribution >= 0.6 is 24.8 Å². The zero-order valence-electron chi connectivity index (χ0n) is 15.5. The Bertz CT molecular complexity index is 755. The van der Waals surface area contributed by atoms with Crippen LogP contribution in [0.2, 0.25) is 0 Å².